The van der Waals surface area contributed by atoms with Gasteiger partial charge in [-0.3, -0.25) is 0 Å². The summed E-state index contributed by atoms with van der Waals surface area (Å²) in [5.41, 5.74) is 0. The van der Waals surface area contributed by atoms with Gasteiger partial charge in [-0.1, -0.05) is 11.6 Å². The van der Waals surface area contributed by atoms with E-state index in [0.29, 0.717) is 23.3 Å². The number of ether oxygens (including phenoxy) is 1. The summed E-state index contributed by atoms with van der Waals surface area (Å²) in [6, 6.07) is 6.58. The van der Waals surface area contributed by atoms with Gasteiger partial charge in [0.15, 0.2) is 0 Å². The van der Waals surface area contributed by atoms with Crippen molar-refractivity contribution in [2.45, 2.75) is 6.92 Å². The Bertz CT molecular complexity index is 533. The molecule has 0 unspecified atom stereocenters. The molecule has 0 bridgehead atoms. The van der Waals surface area contributed by atoms with E-state index in [1.165, 1.54) is 0 Å². The topological polar surface area (TPSA) is 47.0 Å². The van der Waals surface area contributed by atoms with E-state index in [-0.39, 0.29) is 5.88 Å². The number of halogens is 2. The second kappa shape index (κ2) is 5.64. The summed E-state index contributed by atoms with van der Waals surface area (Å²) in [5, 5.41) is 3.46. The predicted molar refractivity (Wildman–Crippen MR) is 67.7 cm³/mol. The van der Waals surface area contributed by atoms with Gasteiger partial charge in [-0.2, -0.15) is 9.37 Å². The molecule has 6 heteroatoms. The average Bonchev–Trinajstić information content (AvgIpc) is 2.36. The molecule has 1 aromatic carbocycles. The minimum atomic E-state index is -0.619. The minimum absolute atomic E-state index is 0.122. The zero-order valence-electron chi connectivity index (χ0n) is 9.65. The number of anilines is 1. The summed E-state index contributed by atoms with van der Waals surface area (Å²) in [5.74, 6) is 0.0391. The van der Waals surface area contributed by atoms with Crippen LogP contribution in [0.5, 0.6) is 11.6 Å². The van der Waals surface area contributed by atoms with Gasteiger partial charge in [0.05, 0.1) is 6.20 Å². The van der Waals surface area contributed by atoms with E-state index in [4.69, 9.17) is 16.3 Å². The van der Waals surface area contributed by atoms with Crippen molar-refractivity contribution in [3.8, 4) is 11.6 Å². The highest BCUT2D eigenvalue weighted by molar-refractivity contribution is 6.30. The van der Waals surface area contributed by atoms with Gasteiger partial charge in [0.2, 0.25) is 11.8 Å². The van der Waals surface area contributed by atoms with Crippen LogP contribution in [0.25, 0.3) is 0 Å². The second-order valence-corrected chi connectivity index (χ2v) is 3.87. The molecule has 2 rings (SSSR count). The van der Waals surface area contributed by atoms with Crippen LogP contribution in [-0.4, -0.2) is 16.5 Å². The first-order valence-electron chi connectivity index (χ1n) is 5.39. The van der Waals surface area contributed by atoms with E-state index < -0.39 is 5.82 Å². The average molecular weight is 268 g/mol. The lowest BCUT2D eigenvalue weighted by atomic mass is 10.3. The molecule has 0 spiro atoms. The first-order chi connectivity index (χ1) is 8.69. The summed E-state index contributed by atoms with van der Waals surface area (Å²) >= 11 is 5.75. The van der Waals surface area contributed by atoms with Crippen molar-refractivity contribution in [3.63, 3.8) is 0 Å². The van der Waals surface area contributed by atoms with Crippen LogP contribution < -0.4 is 10.1 Å². The van der Waals surface area contributed by atoms with Gasteiger partial charge in [-0.15, -0.1) is 0 Å². The van der Waals surface area contributed by atoms with E-state index in [1.807, 2.05) is 6.92 Å². The zero-order valence-corrected chi connectivity index (χ0v) is 10.4. The Balaban J connectivity index is 2.22. The lowest BCUT2D eigenvalue weighted by Gasteiger charge is -2.07. The Morgan fingerprint density at radius 1 is 1.33 bits per heavy atom. The maximum Gasteiger partial charge on any atom is 0.260 e. The molecule has 2 aromatic rings. The Morgan fingerprint density at radius 3 is 2.72 bits per heavy atom. The number of aromatic nitrogens is 2. The van der Waals surface area contributed by atoms with E-state index in [2.05, 4.69) is 15.3 Å². The summed E-state index contributed by atoms with van der Waals surface area (Å²) in [6.45, 7) is 2.54. The van der Waals surface area contributed by atoms with Crippen molar-refractivity contribution in [1.82, 2.24) is 9.97 Å². The zero-order chi connectivity index (χ0) is 13.0. The molecule has 1 heterocycles. The summed E-state index contributed by atoms with van der Waals surface area (Å²) in [7, 11) is 0. The van der Waals surface area contributed by atoms with E-state index in [1.54, 1.807) is 24.3 Å². The summed E-state index contributed by atoms with van der Waals surface area (Å²) < 4.78 is 18.8. The van der Waals surface area contributed by atoms with Gasteiger partial charge in [0.1, 0.15) is 5.75 Å². The van der Waals surface area contributed by atoms with Crippen LogP contribution in [0.15, 0.2) is 30.5 Å². The quantitative estimate of drug-likeness (QED) is 0.921. The lowest BCUT2D eigenvalue weighted by molar-refractivity contribution is 0.420. The number of hydrogen-bond donors (Lipinski definition) is 1. The number of nitrogens with one attached hydrogen (secondary N) is 1. The molecule has 4 nitrogen and oxygen atoms in total. The van der Waals surface area contributed by atoms with Crippen LogP contribution in [-0.2, 0) is 0 Å². The van der Waals surface area contributed by atoms with Crippen molar-refractivity contribution in [1.29, 1.82) is 0 Å². The van der Waals surface area contributed by atoms with Crippen molar-refractivity contribution >= 4 is 17.5 Å². The Morgan fingerprint density at radius 2 is 2.06 bits per heavy atom. The van der Waals surface area contributed by atoms with Crippen LogP contribution in [0, 0.1) is 5.82 Å². The minimum Gasteiger partial charge on any atom is -0.436 e. The molecule has 0 saturated carbocycles. The van der Waals surface area contributed by atoms with E-state index in [9.17, 15) is 4.39 Å². The third-order valence-corrected chi connectivity index (χ3v) is 2.33. The maximum absolute atomic E-state index is 13.5. The summed E-state index contributed by atoms with van der Waals surface area (Å²) in [6.07, 6.45) is 1.07. The van der Waals surface area contributed by atoms with Crippen LogP contribution in [0.2, 0.25) is 5.02 Å². The predicted octanol–water partition coefficient (Wildman–Crippen LogP) is 3.49. The number of nitrogens with zero attached hydrogens (tertiary/aromatic N) is 2. The van der Waals surface area contributed by atoms with E-state index >= 15 is 0 Å². The standard InChI is InChI=1S/C12H11ClFN3O/c1-2-15-12-16-7-10(14)11(17-12)18-9-5-3-8(13)4-6-9/h3-7H,2H2,1H3,(H,15,16,17). The molecule has 0 aliphatic heterocycles. The fourth-order valence-corrected chi connectivity index (χ4v) is 1.41. The summed E-state index contributed by atoms with van der Waals surface area (Å²) in [4.78, 5) is 7.71. The largest absolute Gasteiger partial charge is 0.436 e. The molecule has 1 aromatic heterocycles. The molecule has 0 aliphatic carbocycles. The molecule has 0 aliphatic rings. The maximum atomic E-state index is 13.5. The molecule has 0 saturated heterocycles. The molecule has 0 radical (unpaired) electrons. The Labute approximate surface area is 109 Å². The van der Waals surface area contributed by atoms with Crippen LogP contribution in [0.3, 0.4) is 0 Å². The van der Waals surface area contributed by atoms with Gasteiger partial charge in [-0.05, 0) is 31.2 Å². The monoisotopic (exact) mass is 267 g/mol. The third kappa shape index (κ3) is 3.07. The fraction of sp³-hybridized carbons (Fsp3) is 0.167. The molecule has 18 heavy (non-hydrogen) atoms. The molecular weight excluding hydrogens is 257 g/mol. The van der Waals surface area contributed by atoms with Gasteiger partial charge in [0.25, 0.3) is 5.88 Å². The molecular formula is C12H11ClFN3O. The van der Waals surface area contributed by atoms with Crippen LogP contribution in [0.4, 0.5) is 10.3 Å². The van der Waals surface area contributed by atoms with Crippen LogP contribution in [0.1, 0.15) is 6.92 Å². The SMILES string of the molecule is CCNc1ncc(F)c(Oc2ccc(Cl)cc2)n1. The van der Waals surface area contributed by atoms with Gasteiger partial charge in [-0.25, -0.2) is 4.98 Å². The highest BCUT2D eigenvalue weighted by Crippen LogP contribution is 2.24. The highest BCUT2D eigenvalue weighted by Gasteiger charge is 2.09. The number of rotatable bonds is 4. The second-order valence-electron chi connectivity index (χ2n) is 3.43. The van der Waals surface area contributed by atoms with Crippen molar-refractivity contribution in [3.05, 3.63) is 41.3 Å². The fourth-order valence-electron chi connectivity index (χ4n) is 1.28. The molecule has 1 N–H and O–H groups in total. The lowest BCUT2D eigenvalue weighted by Crippen LogP contribution is -2.04. The number of hydrogen-bond acceptors (Lipinski definition) is 4. The highest BCUT2D eigenvalue weighted by atomic mass is 35.5. The van der Waals surface area contributed by atoms with Gasteiger partial charge < -0.3 is 10.1 Å². The third-order valence-electron chi connectivity index (χ3n) is 2.07. The Kier molecular flexibility index (Phi) is 3.94. The first-order valence-corrected chi connectivity index (χ1v) is 5.76. The van der Waals surface area contributed by atoms with E-state index in [0.717, 1.165) is 6.20 Å². The molecule has 0 amide bonds. The number of benzene rings is 1. The molecule has 0 fully saturated rings. The van der Waals surface area contributed by atoms with Crippen molar-refractivity contribution in [2.24, 2.45) is 0 Å². The molecule has 0 atom stereocenters. The van der Waals surface area contributed by atoms with Gasteiger partial charge in [0, 0.05) is 11.6 Å². The smallest absolute Gasteiger partial charge is 0.260 e. The van der Waals surface area contributed by atoms with Crippen molar-refractivity contribution in [2.75, 3.05) is 11.9 Å². The van der Waals surface area contributed by atoms with Gasteiger partial charge >= 0.3 is 0 Å². The normalized spacial score (nSPS) is 10.2. The van der Waals surface area contributed by atoms with Crippen molar-refractivity contribution < 1.29 is 9.13 Å². The van der Waals surface area contributed by atoms with Crippen LogP contribution >= 0.6 is 11.6 Å². The Hall–Kier alpha value is -1.88. The molecule has 94 valence electrons. The first kappa shape index (κ1) is 12.6.